The summed E-state index contributed by atoms with van der Waals surface area (Å²) >= 11 is 3.44. The van der Waals surface area contributed by atoms with Crippen molar-refractivity contribution in [2.24, 2.45) is 5.73 Å². The molecule has 2 aromatic rings. The molecule has 0 aliphatic carbocycles. The fourth-order valence-electron chi connectivity index (χ4n) is 1.88. The van der Waals surface area contributed by atoms with Gasteiger partial charge in [-0.05, 0) is 31.2 Å². The van der Waals surface area contributed by atoms with Gasteiger partial charge in [-0.2, -0.15) is 0 Å². The minimum atomic E-state index is -0.0890. The Labute approximate surface area is 127 Å². The van der Waals surface area contributed by atoms with Gasteiger partial charge in [-0.1, -0.05) is 22.0 Å². The van der Waals surface area contributed by atoms with Gasteiger partial charge in [-0.25, -0.2) is 4.98 Å². The standard InChI is InChI=1S/C15H17BrN2O2/c1-10(17)13-6-5-12(16)8-14(13)20-9-11-4-3-7-18-15(11)19-2/h3-8,10H,9,17H2,1-2H3. The highest BCUT2D eigenvalue weighted by Gasteiger charge is 2.10. The Hall–Kier alpha value is -1.59. The van der Waals surface area contributed by atoms with Crippen LogP contribution in [0, 0.1) is 0 Å². The van der Waals surface area contributed by atoms with E-state index in [9.17, 15) is 0 Å². The molecule has 0 radical (unpaired) electrons. The van der Waals surface area contributed by atoms with Crippen molar-refractivity contribution in [2.75, 3.05) is 7.11 Å². The van der Waals surface area contributed by atoms with Crippen molar-refractivity contribution >= 4 is 15.9 Å². The van der Waals surface area contributed by atoms with Gasteiger partial charge in [0.1, 0.15) is 12.4 Å². The van der Waals surface area contributed by atoms with Gasteiger partial charge in [-0.15, -0.1) is 0 Å². The molecule has 2 rings (SSSR count). The van der Waals surface area contributed by atoms with Gasteiger partial charge in [0, 0.05) is 22.3 Å². The summed E-state index contributed by atoms with van der Waals surface area (Å²) in [5.41, 5.74) is 7.82. The first kappa shape index (κ1) is 14.8. The third-order valence-electron chi connectivity index (χ3n) is 2.89. The third-order valence-corrected chi connectivity index (χ3v) is 3.39. The van der Waals surface area contributed by atoms with Crippen molar-refractivity contribution in [3.05, 3.63) is 52.1 Å². The zero-order valence-corrected chi connectivity index (χ0v) is 13.1. The van der Waals surface area contributed by atoms with E-state index in [1.807, 2.05) is 37.3 Å². The van der Waals surface area contributed by atoms with E-state index < -0.39 is 0 Å². The second-order valence-electron chi connectivity index (χ2n) is 4.43. The first-order valence-corrected chi connectivity index (χ1v) is 7.07. The molecule has 20 heavy (non-hydrogen) atoms. The molecule has 5 heteroatoms. The van der Waals surface area contributed by atoms with E-state index >= 15 is 0 Å². The van der Waals surface area contributed by atoms with E-state index in [0.717, 1.165) is 21.3 Å². The van der Waals surface area contributed by atoms with Crippen molar-refractivity contribution < 1.29 is 9.47 Å². The first-order chi connectivity index (χ1) is 9.61. The van der Waals surface area contributed by atoms with Crippen LogP contribution in [0.5, 0.6) is 11.6 Å². The van der Waals surface area contributed by atoms with Gasteiger partial charge in [0.25, 0.3) is 0 Å². The molecular formula is C15H17BrN2O2. The van der Waals surface area contributed by atoms with Crippen LogP contribution in [0.15, 0.2) is 41.0 Å². The molecule has 1 aromatic carbocycles. The lowest BCUT2D eigenvalue weighted by Gasteiger charge is -2.15. The van der Waals surface area contributed by atoms with Crippen molar-refractivity contribution in [2.45, 2.75) is 19.6 Å². The van der Waals surface area contributed by atoms with E-state index in [0.29, 0.717) is 12.5 Å². The molecule has 1 heterocycles. The number of nitrogens with zero attached hydrogens (tertiary/aromatic N) is 1. The SMILES string of the molecule is COc1ncccc1COc1cc(Br)ccc1C(C)N. The monoisotopic (exact) mass is 336 g/mol. The fourth-order valence-corrected chi connectivity index (χ4v) is 2.22. The number of hydrogen-bond donors (Lipinski definition) is 1. The van der Waals surface area contributed by atoms with Crippen LogP contribution in [0.2, 0.25) is 0 Å². The zero-order chi connectivity index (χ0) is 14.5. The molecule has 0 amide bonds. The highest BCUT2D eigenvalue weighted by atomic mass is 79.9. The number of nitrogens with two attached hydrogens (primary N) is 1. The largest absolute Gasteiger partial charge is 0.488 e. The molecule has 106 valence electrons. The lowest BCUT2D eigenvalue weighted by molar-refractivity contribution is 0.290. The zero-order valence-electron chi connectivity index (χ0n) is 11.5. The maximum atomic E-state index is 5.96. The van der Waals surface area contributed by atoms with Crippen molar-refractivity contribution in [1.82, 2.24) is 4.98 Å². The molecule has 0 saturated heterocycles. The molecule has 1 unspecified atom stereocenters. The van der Waals surface area contributed by atoms with Crippen molar-refractivity contribution in [1.29, 1.82) is 0 Å². The van der Waals surface area contributed by atoms with E-state index in [1.165, 1.54) is 0 Å². The maximum Gasteiger partial charge on any atom is 0.219 e. The Morgan fingerprint density at radius 3 is 2.85 bits per heavy atom. The van der Waals surface area contributed by atoms with Crippen LogP contribution in [0.4, 0.5) is 0 Å². The summed E-state index contributed by atoms with van der Waals surface area (Å²) in [5.74, 6) is 1.34. The van der Waals surface area contributed by atoms with E-state index in [-0.39, 0.29) is 6.04 Å². The number of halogens is 1. The van der Waals surface area contributed by atoms with Crippen LogP contribution >= 0.6 is 15.9 Å². The van der Waals surface area contributed by atoms with Crippen LogP contribution in [0.1, 0.15) is 24.1 Å². The summed E-state index contributed by atoms with van der Waals surface area (Å²) in [6, 6.07) is 9.53. The van der Waals surface area contributed by atoms with Crippen molar-refractivity contribution in [3.63, 3.8) is 0 Å². The Bertz CT molecular complexity index is 588. The average molecular weight is 337 g/mol. The van der Waals surface area contributed by atoms with Gasteiger partial charge in [0.2, 0.25) is 5.88 Å². The second-order valence-corrected chi connectivity index (χ2v) is 5.35. The summed E-state index contributed by atoms with van der Waals surface area (Å²) in [7, 11) is 1.60. The number of hydrogen-bond acceptors (Lipinski definition) is 4. The summed E-state index contributed by atoms with van der Waals surface area (Å²) in [4.78, 5) is 4.15. The minimum absolute atomic E-state index is 0.0890. The van der Waals surface area contributed by atoms with Crippen LogP contribution in [0.3, 0.4) is 0 Å². The molecule has 0 aliphatic heterocycles. The molecule has 4 nitrogen and oxygen atoms in total. The van der Waals surface area contributed by atoms with Gasteiger partial charge in [0.15, 0.2) is 0 Å². The van der Waals surface area contributed by atoms with Crippen LogP contribution in [-0.4, -0.2) is 12.1 Å². The van der Waals surface area contributed by atoms with Crippen LogP contribution in [0.25, 0.3) is 0 Å². The summed E-state index contributed by atoms with van der Waals surface area (Å²) in [6.45, 7) is 2.31. The van der Waals surface area contributed by atoms with Gasteiger partial charge >= 0.3 is 0 Å². The second kappa shape index (κ2) is 6.72. The van der Waals surface area contributed by atoms with Gasteiger partial charge in [0.05, 0.1) is 12.7 Å². The molecule has 2 N–H and O–H groups in total. The average Bonchev–Trinajstić information content (AvgIpc) is 2.45. The Balaban J connectivity index is 2.20. The third kappa shape index (κ3) is 3.49. The Morgan fingerprint density at radius 1 is 1.35 bits per heavy atom. The van der Waals surface area contributed by atoms with E-state index in [1.54, 1.807) is 13.3 Å². The van der Waals surface area contributed by atoms with E-state index in [4.69, 9.17) is 15.2 Å². The number of ether oxygens (including phenoxy) is 2. The number of aromatic nitrogens is 1. The molecule has 0 aliphatic rings. The smallest absolute Gasteiger partial charge is 0.219 e. The number of methoxy groups -OCH3 is 1. The normalized spacial score (nSPS) is 12.0. The highest BCUT2D eigenvalue weighted by molar-refractivity contribution is 9.10. The predicted octanol–water partition coefficient (Wildman–Crippen LogP) is 3.45. The molecular weight excluding hydrogens is 320 g/mol. The number of pyridine rings is 1. The maximum absolute atomic E-state index is 5.96. The molecule has 0 spiro atoms. The predicted molar refractivity (Wildman–Crippen MR) is 81.9 cm³/mol. The summed E-state index contributed by atoms with van der Waals surface area (Å²) < 4.78 is 12.0. The Morgan fingerprint density at radius 2 is 2.15 bits per heavy atom. The molecule has 0 fully saturated rings. The Kier molecular flexibility index (Phi) is 4.98. The van der Waals surface area contributed by atoms with Crippen LogP contribution in [-0.2, 0) is 6.61 Å². The van der Waals surface area contributed by atoms with Gasteiger partial charge in [-0.3, -0.25) is 0 Å². The first-order valence-electron chi connectivity index (χ1n) is 6.27. The number of benzene rings is 1. The summed E-state index contributed by atoms with van der Waals surface area (Å²) in [6.07, 6.45) is 1.69. The highest BCUT2D eigenvalue weighted by Crippen LogP contribution is 2.29. The molecule has 0 saturated carbocycles. The van der Waals surface area contributed by atoms with Crippen LogP contribution < -0.4 is 15.2 Å². The fraction of sp³-hybridized carbons (Fsp3) is 0.267. The lowest BCUT2D eigenvalue weighted by Crippen LogP contribution is -2.08. The van der Waals surface area contributed by atoms with Crippen molar-refractivity contribution in [3.8, 4) is 11.6 Å². The lowest BCUT2D eigenvalue weighted by atomic mass is 10.1. The quantitative estimate of drug-likeness (QED) is 0.908. The molecule has 1 atom stereocenters. The van der Waals surface area contributed by atoms with E-state index in [2.05, 4.69) is 20.9 Å². The minimum Gasteiger partial charge on any atom is -0.488 e. The topological polar surface area (TPSA) is 57.4 Å². The number of rotatable bonds is 5. The molecule has 1 aromatic heterocycles. The molecule has 0 bridgehead atoms. The van der Waals surface area contributed by atoms with Gasteiger partial charge < -0.3 is 15.2 Å². The summed E-state index contributed by atoms with van der Waals surface area (Å²) in [5, 5.41) is 0.